The number of nitrogens with one attached hydrogen (secondary N) is 1. The fourth-order valence-electron chi connectivity index (χ4n) is 1.96. The lowest BCUT2D eigenvalue weighted by Gasteiger charge is -2.17. The number of halogens is 3. The van der Waals surface area contributed by atoms with Crippen molar-refractivity contribution in [3.8, 4) is 5.75 Å². The van der Waals surface area contributed by atoms with Crippen molar-refractivity contribution < 1.29 is 9.13 Å². The Morgan fingerprint density at radius 3 is 2.81 bits per heavy atom. The first-order chi connectivity index (χ1) is 10.0. The summed E-state index contributed by atoms with van der Waals surface area (Å²) in [5.74, 6) is 0.317. The largest absolute Gasteiger partial charge is 0.489 e. The van der Waals surface area contributed by atoms with Crippen LogP contribution in [-0.2, 0) is 6.61 Å². The molecule has 0 saturated heterocycles. The molecule has 5 heteroatoms. The molecule has 0 fully saturated rings. The van der Waals surface area contributed by atoms with E-state index >= 15 is 0 Å². The minimum absolute atomic E-state index is 0.109. The maximum absolute atomic E-state index is 13.4. The summed E-state index contributed by atoms with van der Waals surface area (Å²) in [4.78, 5) is 0. The van der Waals surface area contributed by atoms with Gasteiger partial charge in [-0.2, -0.15) is 0 Å². The second-order valence-corrected chi connectivity index (χ2v) is 5.99. The van der Waals surface area contributed by atoms with E-state index in [0.717, 1.165) is 15.8 Å². The molecule has 0 aliphatic heterocycles. The molecule has 2 aromatic carbocycles. The molecule has 0 spiro atoms. The van der Waals surface area contributed by atoms with E-state index in [0.29, 0.717) is 5.56 Å². The Morgan fingerprint density at radius 2 is 2.10 bits per heavy atom. The molecule has 0 aliphatic rings. The van der Waals surface area contributed by atoms with Crippen LogP contribution in [0.15, 0.2) is 40.9 Å². The molecular weight excluding hydrogens is 357 g/mol. The van der Waals surface area contributed by atoms with Gasteiger partial charge in [-0.1, -0.05) is 39.7 Å². The van der Waals surface area contributed by atoms with Crippen molar-refractivity contribution in [2.75, 3.05) is 7.05 Å². The second-order valence-electron chi connectivity index (χ2n) is 4.69. The molecule has 0 saturated carbocycles. The van der Waals surface area contributed by atoms with Gasteiger partial charge in [0.05, 0.1) is 5.02 Å². The molecule has 2 nitrogen and oxygen atoms in total. The van der Waals surface area contributed by atoms with Gasteiger partial charge in [-0.25, -0.2) is 4.39 Å². The van der Waals surface area contributed by atoms with Crippen LogP contribution in [0.5, 0.6) is 5.75 Å². The highest BCUT2D eigenvalue weighted by atomic mass is 79.9. The van der Waals surface area contributed by atoms with Crippen LogP contribution in [0.4, 0.5) is 4.39 Å². The zero-order valence-corrected chi connectivity index (χ0v) is 14.1. The van der Waals surface area contributed by atoms with Gasteiger partial charge in [-0.05, 0) is 38.2 Å². The molecule has 112 valence electrons. The number of hydrogen-bond acceptors (Lipinski definition) is 2. The van der Waals surface area contributed by atoms with Crippen molar-refractivity contribution in [2.24, 2.45) is 0 Å². The third kappa shape index (κ3) is 3.96. The highest BCUT2D eigenvalue weighted by Gasteiger charge is 2.12. The van der Waals surface area contributed by atoms with Gasteiger partial charge in [0.1, 0.15) is 18.2 Å². The topological polar surface area (TPSA) is 21.3 Å². The maximum Gasteiger partial charge on any atom is 0.142 e. The van der Waals surface area contributed by atoms with Gasteiger partial charge in [-0.15, -0.1) is 0 Å². The molecule has 21 heavy (non-hydrogen) atoms. The summed E-state index contributed by atoms with van der Waals surface area (Å²) in [5, 5.41) is 3.29. The van der Waals surface area contributed by atoms with Gasteiger partial charge in [-0.3, -0.25) is 0 Å². The zero-order chi connectivity index (χ0) is 15.4. The fourth-order valence-corrected chi connectivity index (χ4v) is 2.52. The van der Waals surface area contributed by atoms with E-state index in [9.17, 15) is 4.39 Å². The monoisotopic (exact) mass is 371 g/mol. The lowest BCUT2D eigenvalue weighted by molar-refractivity contribution is 0.299. The molecule has 0 amide bonds. The molecule has 0 radical (unpaired) electrons. The summed E-state index contributed by atoms with van der Waals surface area (Å²) < 4.78 is 20.2. The van der Waals surface area contributed by atoms with Crippen molar-refractivity contribution in [2.45, 2.75) is 19.6 Å². The standard InChI is InChI=1S/C16H16BrClFNO/c1-10(20-2)13-8-12(17)6-7-15(13)21-9-11-4-3-5-14(19)16(11)18/h3-8,10,20H,9H2,1-2H3. The molecular formula is C16H16BrClFNO. The number of benzene rings is 2. The predicted octanol–water partition coefficient (Wildman–Crippen LogP) is 5.10. The number of hydrogen-bond donors (Lipinski definition) is 1. The molecule has 1 unspecified atom stereocenters. The van der Waals surface area contributed by atoms with Gasteiger partial charge < -0.3 is 10.1 Å². The summed E-state index contributed by atoms with van der Waals surface area (Å²) >= 11 is 9.40. The van der Waals surface area contributed by atoms with E-state index in [1.54, 1.807) is 12.1 Å². The van der Waals surface area contributed by atoms with E-state index in [-0.39, 0.29) is 17.7 Å². The highest BCUT2D eigenvalue weighted by molar-refractivity contribution is 9.10. The lowest BCUT2D eigenvalue weighted by atomic mass is 10.1. The van der Waals surface area contributed by atoms with Crippen LogP contribution in [0, 0.1) is 5.82 Å². The minimum atomic E-state index is -0.433. The van der Waals surface area contributed by atoms with E-state index in [2.05, 4.69) is 21.2 Å². The average Bonchev–Trinajstić information content (AvgIpc) is 2.49. The van der Waals surface area contributed by atoms with Gasteiger partial charge in [0, 0.05) is 21.6 Å². The third-order valence-electron chi connectivity index (χ3n) is 3.29. The van der Waals surface area contributed by atoms with Crippen molar-refractivity contribution in [3.05, 3.63) is 62.8 Å². The molecule has 0 aliphatic carbocycles. The Kier molecular flexibility index (Phi) is 5.62. The van der Waals surface area contributed by atoms with Crippen LogP contribution in [0.25, 0.3) is 0 Å². The molecule has 2 aromatic rings. The summed E-state index contributed by atoms with van der Waals surface area (Å²) in [6.45, 7) is 2.27. The molecule has 1 N–H and O–H groups in total. The Balaban J connectivity index is 2.22. The van der Waals surface area contributed by atoms with E-state index in [4.69, 9.17) is 16.3 Å². The minimum Gasteiger partial charge on any atom is -0.489 e. The van der Waals surface area contributed by atoms with Crippen molar-refractivity contribution >= 4 is 27.5 Å². The summed E-state index contributed by atoms with van der Waals surface area (Å²) in [5.41, 5.74) is 1.65. The SMILES string of the molecule is CNC(C)c1cc(Br)ccc1OCc1cccc(F)c1Cl. The van der Waals surface area contributed by atoms with E-state index in [1.165, 1.54) is 6.07 Å². The van der Waals surface area contributed by atoms with Gasteiger partial charge in [0.2, 0.25) is 0 Å². The molecule has 0 bridgehead atoms. The summed E-state index contributed by atoms with van der Waals surface area (Å²) in [6, 6.07) is 10.7. The van der Waals surface area contributed by atoms with Crippen LogP contribution in [0.3, 0.4) is 0 Å². The van der Waals surface area contributed by atoms with Crippen LogP contribution >= 0.6 is 27.5 Å². The molecule has 2 rings (SSSR count). The van der Waals surface area contributed by atoms with E-state index in [1.807, 2.05) is 32.2 Å². The van der Waals surface area contributed by atoms with Crippen molar-refractivity contribution in [1.82, 2.24) is 5.32 Å². The Bertz CT molecular complexity index is 636. The predicted molar refractivity (Wildman–Crippen MR) is 87.4 cm³/mol. The summed E-state index contributed by atoms with van der Waals surface area (Å²) in [7, 11) is 1.89. The van der Waals surface area contributed by atoms with Crippen LogP contribution in [0.2, 0.25) is 5.02 Å². The normalized spacial score (nSPS) is 12.2. The second kappa shape index (κ2) is 7.25. The van der Waals surface area contributed by atoms with Crippen molar-refractivity contribution in [3.63, 3.8) is 0 Å². The zero-order valence-electron chi connectivity index (χ0n) is 11.8. The molecule has 0 heterocycles. The van der Waals surface area contributed by atoms with Gasteiger partial charge in [0.25, 0.3) is 0 Å². The quantitative estimate of drug-likeness (QED) is 0.788. The van der Waals surface area contributed by atoms with E-state index < -0.39 is 5.82 Å². The molecule has 1 atom stereocenters. The first-order valence-electron chi connectivity index (χ1n) is 6.55. The van der Waals surface area contributed by atoms with Gasteiger partial charge in [0.15, 0.2) is 0 Å². The Morgan fingerprint density at radius 1 is 1.33 bits per heavy atom. The van der Waals surface area contributed by atoms with Crippen LogP contribution < -0.4 is 10.1 Å². The Hall–Kier alpha value is -1.10. The fraction of sp³-hybridized carbons (Fsp3) is 0.250. The van der Waals surface area contributed by atoms with Gasteiger partial charge >= 0.3 is 0 Å². The first kappa shape index (κ1) is 16.3. The van der Waals surface area contributed by atoms with Crippen molar-refractivity contribution in [1.29, 1.82) is 0 Å². The highest BCUT2D eigenvalue weighted by Crippen LogP contribution is 2.30. The lowest BCUT2D eigenvalue weighted by Crippen LogP contribution is -2.14. The third-order valence-corrected chi connectivity index (χ3v) is 4.20. The smallest absolute Gasteiger partial charge is 0.142 e. The van der Waals surface area contributed by atoms with Crippen LogP contribution in [-0.4, -0.2) is 7.05 Å². The van der Waals surface area contributed by atoms with Crippen LogP contribution in [0.1, 0.15) is 24.1 Å². The number of ether oxygens (including phenoxy) is 1. The average molecular weight is 373 g/mol. The first-order valence-corrected chi connectivity index (χ1v) is 7.72. The number of rotatable bonds is 5. The molecule has 0 aromatic heterocycles. The summed E-state index contributed by atoms with van der Waals surface area (Å²) in [6.07, 6.45) is 0. The Labute approximate surface area is 137 Å². The maximum atomic E-state index is 13.4.